The van der Waals surface area contributed by atoms with Crippen LogP contribution in [-0.4, -0.2) is 11.7 Å². The maximum absolute atomic E-state index is 9.08. The summed E-state index contributed by atoms with van der Waals surface area (Å²) >= 11 is 0. The van der Waals surface area contributed by atoms with Gasteiger partial charge in [-0.2, -0.15) is 0 Å². The van der Waals surface area contributed by atoms with Crippen LogP contribution < -0.4 is 0 Å². The lowest BCUT2D eigenvalue weighted by Crippen LogP contribution is -2.18. The van der Waals surface area contributed by atoms with E-state index >= 15 is 0 Å². The smallest absolute Gasteiger partial charge is 0.0433 e. The van der Waals surface area contributed by atoms with Crippen LogP contribution in [0.4, 0.5) is 0 Å². The standard InChI is InChI=1S/C14H20O/c15-11-10-13-8-4-5-9-14(13)12-6-2-1-3-7-12/h1-3,6-7,13-15H,4-5,8-11H2. The molecule has 0 radical (unpaired) electrons. The Morgan fingerprint density at radius 1 is 1.07 bits per heavy atom. The summed E-state index contributed by atoms with van der Waals surface area (Å²) in [5.41, 5.74) is 1.47. The number of benzene rings is 1. The summed E-state index contributed by atoms with van der Waals surface area (Å²) in [6, 6.07) is 10.8. The Bertz CT molecular complexity index is 279. The van der Waals surface area contributed by atoms with Gasteiger partial charge in [0.05, 0.1) is 0 Å². The number of rotatable bonds is 3. The zero-order valence-electron chi connectivity index (χ0n) is 9.23. The minimum Gasteiger partial charge on any atom is -0.396 e. The maximum atomic E-state index is 9.08. The zero-order chi connectivity index (χ0) is 10.5. The average Bonchev–Trinajstić information content (AvgIpc) is 2.31. The van der Waals surface area contributed by atoms with Crippen molar-refractivity contribution < 1.29 is 5.11 Å². The molecule has 0 aromatic heterocycles. The molecule has 82 valence electrons. The third-order valence-electron chi connectivity index (χ3n) is 3.64. The highest BCUT2D eigenvalue weighted by Gasteiger charge is 2.25. The van der Waals surface area contributed by atoms with E-state index in [1.165, 1.54) is 31.2 Å². The van der Waals surface area contributed by atoms with Gasteiger partial charge in [-0.1, -0.05) is 43.2 Å². The van der Waals surface area contributed by atoms with Gasteiger partial charge in [0, 0.05) is 6.61 Å². The Balaban J connectivity index is 2.11. The first-order valence-electron chi connectivity index (χ1n) is 6.07. The fourth-order valence-electron chi connectivity index (χ4n) is 2.86. The van der Waals surface area contributed by atoms with Crippen molar-refractivity contribution in [3.63, 3.8) is 0 Å². The molecular weight excluding hydrogens is 184 g/mol. The Labute approximate surface area is 92.1 Å². The summed E-state index contributed by atoms with van der Waals surface area (Å²) in [6.45, 7) is 0.341. The lowest BCUT2D eigenvalue weighted by Gasteiger charge is -2.31. The quantitative estimate of drug-likeness (QED) is 0.800. The van der Waals surface area contributed by atoms with E-state index in [1.54, 1.807) is 0 Å². The molecule has 1 nitrogen and oxygen atoms in total. The SMILES string of the molecule is OCCC1CCCCC1c1ccccc1. The lowest BCUT2D eigenvalue weighted by atomic mass is 9.74. The first-order chi connectivity index (χ1) is 7.42. The van der Waals surface area contributed by atoms with Gasteiger partial charge in [0.1, 0.15) is 0 Å². The topological polar surface area (TPSA) is 20.2 Å². The van der Waals surface area contributed by atoms with Crippen LogP contribution in [0.2, 0.25) is 0 Å². The van der Waals surface area contributed by atoms with Crippen molar-refractivity contribution in [2.75, 3.05) is 6.61 Å². The van der Waals surface area contributed by atoms with Crippen LogP contribution in [0.1, 0.15) is 43.6 Å². The van der Waals surface area contributed by atoms with Gasteiger partial charge in [0.25, 0.3) is 0 Å². The molecule has 2 unspecified atom stereocenters. The van der Waals surface area contributed by atoms with Gasteiger partial charge in [-0.15, -0.1) is 0 Å². The third-order valence-corrected chi connectivity index (χ3v) is 3.64. The molecule has 1 heteroatoms. The van der Waals surface area contributed by atoms with E-state index in [-0.39, 0.29) is 0 Å². The van der Waals surface area contributed by atoms with Crippen LogP contribution >= 0.6 is 0 Å². The minimum atomic E-state index is 0.341. The van der Waals surface area contributed by atoms with E-state index in [0.717, 1.165) is 6.42 Å². The average molecular weight is 204 g/mol. The molecule has 15 heavy (non-hydrogen) atoms. The van der Waals surface area contributed by atoms with Crippen LogP contribution in [0.5, 0.6) is 0 Å². The molecule has 2 rings (SSSR count). The minimum absolute atomic E-state index is 0.341. The van der Waals surface area contributed by atoms with Gasteiger partial charge in [0.2, 0.25) is 0 Å². The van der Waals surface area contributed by atoms with Gasteiger partial charge in [-0.3, -0.25) is 0 Å². The van der Waals surface area contributed by atoms with Crippen molar-refractivity contribution in [3.8, 4) is 0 Å². The first-order valence-corrected chi connectivity index (χ1v) is 6.07. The van der Waals surface area contributed by atoms with Gasteiger partial charge >= 0.3 is 0 Å². The highest BCUT2D eigenvalue weighted by Crippen LogP contribution is 2.39. The monoisotopic (exact) mass is 204 g/mol. The molecule has 0 saturated heterocycles. The molecule has 2 atom stereocenters. The highest BCUT2D eigenvalue weighted by atomic mass is 16.3. The molecular formula is C14H20O. The second-order valence-corrected chi connectivity index (χ2v) is 4.57. The molecule has 0 aliphatic heterocycles. The molecule has 1 fully saturated rings. The number of hydrogen-bond acceptors (Lipinski definition) is 1. The van der Waals surface area contributed by atoms with Crippen molar-refractivity contribution in [1.29, 1.82) is 0 Å². The summed E-state index contributed by atoms with van der Waals surface area (Å²) in [7, 11) is 0. The number of hydrogen-bond donors (Lipinski definition) is 1. The van der Waals surface area contributed by atoms with Crippen molar-refractivity contribution in [1.82, 2.24) is 0 Å². The summed E-state index contributed by atoms with van der Waals surface area (Å²) in [6.07, 6.45) is 6.25. The van der Waals surface area contributed by atoms with Gasteiger partial charge in [-0.25, -0.2) is 0 Å². The number of aliphatic hydroxyl groups is 1. The summed E-state index contributed by atoms with van der Waals surface area (Å²) < 4.78 is 0. The highest BCUT2D eigenvalue weighted by molar-refractivity contribution is 5.20. The Morgan fingerprint density at radius 2 is 1.80 bits per heavy atom. The van der Waals surface area contributed by atoms with Crippen LogP contribution in [0, 0.1) is 5.92 Å². The molecule has 0 amide bonds. The molecule has 1 aliphatic rings. The molecule has 1 N–H and O–H groups in total. The van der Waals surface area contributed by atoms with E-state index < -0.39 is 0 Å². The van der Waals surface area contributed by atoms with Gasteiger partial charge < -0.3 is 5.11 Å². The zero-order valence-corrected chi connectivity index (χ0v) is 9.23. The van der Waals surface area contributed by atoms with E-state index in [2.05, 4.69) is 30.3 Å². The van der Waals surface area contributed by atoms with Crippen LogP contribution in [0.3, 0.4) is 0 Å². The van der Waals surface area contributed by atoms with E-state index in [0.29, 0.717) is 18.4 Å². The van der Waals surface area contributed by atoms with Crippen LogP contribution in [0.15, 0.2) is 30.3 Å². The second-order valence-electron chi connectivity index (χ2n) is 4.57. The van der Waals surface area contributed by atoms with Crippen molar-refractivity contribution in [2.45, 2.75) is 38.0 Å². The van der Waals surface area contributed by atoms with Crippen molar-refractivity contribution >= 4 is 0 Å². The van der Waals surface area contributed by atoms with E-state index in [1.807, 2.05) is 0 Å². The van der Waals surface area contributed by atoms with E-state index in [4.69, 9.17) is 5.11 Å². The molecule has 0 spiro atoms. The Kier molecular flexibility index (Phi) is 3.79. The molecule has 0 bridgehead atoms. The summed E-state index contributed by atoms with van der Waals surface area (Å²) in [5, 5.41) is 9.08. The van der Waals surface area contributed by atoms with E-state index in [9.17, 15) is 0 Å². The lowest BCUT2D eigenvalue weighted by molar-refractivity contribution is 0.211. The normalized spacial score (nSPS) is 26.5. The molecule has 1 saturated carbocycles. The third kappa shape index (κ3) is 2.60. The summed E-state index contributed by atoms with van der Waals surface area (Å²) in [5.74, 6) is 1.39. The van der Waals surface area contributed by atoms with Crippen molar-refractivity contribution in [3.05, 3.63) is 35.9 Å². The number of aliphatic hydroxyl groups excluding tert-OH is 1. The summed E-state index contributed by atoms with van der Waals surface area (Å²) in [4.78, 5) is 0. The van der Waals surface area contributed by atoms with Gasteiger partial charge in [-0.05, 0) is 36.7 Å². The van der Waals surface area contributed by atoms with Crippen molar-refractivity contribution in [2.24, 2.45) is 5.92 Å². The second kappa shape index (κ2) is 5.32. The predicted molar refractivity (Wildman–Crippen MR) is 62.8 cm³/mol. The van der Waals surface area contributed by atoms with Gasteiger partial charge in [0.15, 0.2) is 0 Å². The Morgan fingerprint density at radius 3 is 2.53 bits per heavy atom. The first kappa shape index (κ1) is 10.7. The van der Waals surface area contributed by atoms with Crippen LogP contribution in [0.25, 0.3) is 0 Å². The molecule has 0 heterocycles. The molecule has 1 aromatic rings. The molecule has 1 aromatic carbocycles. The fourth-order valence-corrected chi connectivity index (χ4v) is 2.86. The maximum Gasteiger partial charge on any atom is 0.0433 e. The van der Waals surface area contributed by atoms with Crippen LogP contribution in [-0.2, 0) is 0 Å². The Hall–Kier alpha value is -0.820. The molecule has 1 aliphatic carbocycles. The fraction of sp³-hybridized carbons (Fsp3) is 0.571. The largest absolute Gasteiger partial charge is 0.396 e. The predicted octanol–water partition coefficient (Wildman–Crippen LogP) is 3.34.